The van der Waals surface area contributed by atoms with E-state index in [0.717, 1.165) is 11.8 Å². The van der Waals surface area contributed by atoms with E-state index in [1.807, 2.05) is 0 Å². The fourth-order valence-corrected chi connectivity index (χ4v) is 5.19. The third-order valence-electron chi connectivity index (χ3n) is 2.98. The van der Waals surface area contributed by atoms with Gasteiger partial charge in [-0.2, -0.15) is 24.9 Å². The molecule has 0 aromatic heterocycles. The van der Waals surface area contributed by atoms with Crippen LogP contribution in [0.15, 0.2) is 0 Å². The van der Waals surface area contributed by atoms with Crippen LogP contribution in [0.3, 0.4) is 0 Å². The number of carbonyl (C=O) groups excluding carboxylic acids is 1. The number of rotatable bonds is 4. The van der Waals surface area contributed by atoms with E-state index in [4.69, 9.17) is 9.84 Å². The van der Waals surface area contributed by atoms with Gasteiger partial charge in [0, 0.05) is 17.3 Å². The summed E-state index contributed by atoms with van der Waals surface area (Å²) in [6.07, 6.45) is -5.93. The second-order valence-electron chi connectivity index (χ2n) is 5.98. The first-order valence-corrected chi connectivity index (χ1v) is 8.76. The molecule has 1 aliphatic rings. The highest BCUT2D eigenvalue weighted by atomic mass is 32.2. The largest absolute Gasteiger partial charge is 0.481 e. The van der Waals surface area contributed by atoms with Gasteiger partial charge in [0.05, 0.1) is 12.3 Å². The topological polar surface area (TPSA) is 63.6 Å². The summed E-state index contributed by atoms with van der Waals surface area (Å²) in [5.41, 5.74) is -0.938. The Bertz CT molecular complexity index is 426. The van der Waals surface area contributed by atoms with Crippen molar-refractivity contribution in [3.05, 3.63) is 0 Å². The van der Waals surface area contributed by atoms with Crippen LogP contribution >= 0.6 is 23.5 Å². The van der Waals surface area contributed by atoms with Gasteiger partial charge in [-0.3, -0.25) is 9.59 Å². The van der Waals surface area contributed by atoms with Crippen molar-refractivity contribution in [1.29, 1.82) is 0 Å². The zero-order chi connectivity index (χ0) is 17.2. The number of esters is 1. The van der Waals surface area contributed by atoms with Crippen LogP contribution in [0.4, 0.5) is 13.2 Å². The van der Waals surface area contributed by atoms with Gasteiger partial charge >= 0.3 is 18.1 Å². The number of hydrogen-bond acceptors (Lipinski definition) is 5. The van der Waals surface area contributed by atoms with Crippen molar-refractivity contribution in [2.45, 2.75) is 43.7 Å². The predicted molar refractivity (Wildman–Crippen MR) is 80.2 cm³/mol. The van der Waals surface area contributed by atoms with E-state index in [2.05, 4.69) is 0 Å². The Labute approximate surface area is 135 Å². The minimum Gasteiger partial charge on any atom is -0.481 e. The Kier molecular flexibility index (Phi) is 6.11. The summed E-state index contributed by atoms with van der Waals surface area (Å²) in [5.74, 6) is -3.99. The van der Waals surface area contributed by atoms with Gasteiger partial charge in [-0.05, 0) is 20.8 Å². The minimum atomic E-state index is -4.79. The van der Waals surface area contributed by atoms with Crippen molar-refractivity contribution in [3.8, 4) is 0 Å². The molecule has 22 heavy (non-hydrogen) atoms. The molecular formula is C13H19F3O4S2. The summed E-state index contributed by atoms with van der Waals surface area (Å²) in [7, 11) is 0. The molecule has 1 fully saturated rings. The van der Waals surface area contributed by atoms with E-state index in [1.165, 1.54) is 11.8 Å². The van der Waals surface area contributed by atoms with Crippen LogP contribution < -0.4 is 0 Å². The molecule has 128 valence electrons. The molecule has 1 aliphatic heterocycles. The summed E-state index contributed by atoms with van der Waals surface area (Å²) in [6, 6.07) is 0. The van der Waals surface area contributed by atoms with Crippen molar-refractivity contribution in [1.82, 2.24) is 0 Å². The van der Waals surface area contributed by atoms with Gasteiger partial charge in [0.25, 0.3) is 0 Å². The van der Waals surface area contributed by atoms with Gasteiger partial charge in [-0.15, -0.1) is 11.8 Å². The Hall–Kier alpha value is -0.570. The van der Waals surface area contributed by atoms with Gasteiger partial charge < -0.3 is 9.84 Å². The summed E-state index contributed by atoms with van der Waals surface area (Å²) >= 11 is 2.07. The molecule has 0 aromatic rings. The maximum Gasteiger partial charge on any atom is 0.394 e. The van der Waals surface area contributed by atoms with E-state index >= 15 is 0 Å². The Morgan fingerprint density at radius 1 is 1.27 bits per heavy atom. The van der Waals surface area contributed by atoms with Crippen LogP contribution in [0.25, 0.3) is 0 Å². The van der Waals surface area contributed by atoms with Crippen molar-refractivity contribution < 1.29 is 32.6 Å². The number of carboxylic acid groups (broad SMARTS) is 1. The molecule has 0 saturated carbocycles. The molecule has 1 saturated heterocycles. The molecule has 0 aromatic carbocycles. The third-order valence-corrected chi connectivity index (χ3v) is 6.10. The zero-order valence-corrected chi connectivity index (χ0v) is 14.2. The molecule has 0 radical (unpaired) electrons. The molecule has 1 rings (SSSR count). The standard InChI is InChI=1S/C13H19F3O4S2/c1-11(2,3)20-10(19)12(7-21-4-5-22-12)8(6-9(17)18)13(14,15)16/h8H,4-7H2,1-3H3,(H,17,18). The first-order valence-electron chi connectivity index (χ1n) is 6.62. The van der Waals surface area contributed by atoms with Crippen LogP contribution in [0.2, 0.25) is 0 Å². The second-order valence-corrected chi connectivity index (χ2v) is 8.52. The number of alkyl halides is 3. The highest BCUT2D eigenvalue weighted by molar-refractivity contribution is 8.07. The molecule has 9 heteroatoms. The second kappa shape index (κ2) is 6.90. The average molecular weight is 360 g/mol. The van der Waals surface area contributed by atoms with Gasteiger partial charge in [0.2, 0.25) is 0 Å². The lowest BCUT2D eigenvalue weighted by Gasteiger charge is -2.41. The fourth-order valence-electron chi connectivity index (χ4n) is 2.09. The Morgan fingerprint density at radius 2 is 1.86 bits per heavy atom. The van der Waals surface area contributed by atoms with E-state index in [1.54, 1.807) is 20.8 Å². The number of hydrogen-bond donors (Lipinski definition) is 1. The zero-order valence-electron chi connectivity index (χ0n) is 12.5. The minimum absolute atomic E-state index is 0.107. The maximum atomic E-state index is 13.4. The molecule has 2 atom stereocenters. The Balaban J connectivity index is 3.22. The Morgan fingerprint density at radius 3 is 2.23 bits per heavy atom. The summed E-state index contributed by atoms with van der Waals surface area (Å²) in [5, 5.41) is 8.84. The lowest BCUT2D eigenvalue weighted by Crippen LogP contribution is -2.55. The van der Waals surface area contributed by atoms with Gasteiger partial charge in [0.1, 0.15) is 10.3 Å². The molecule has 0 aliphatic carbocycles. The fraction of sp³-hybridized carbons (Fsp3) is 0.846. The number of carboxylic acids is 1. The number of ether oxygens (including phenoxy) is 1. The molecule has 2 unspecified atom stereocenters. The summed E-state index contributed by atoms with van der Waals surface area (Å²) in [6.45, 7) is 4.71. The van der Waals surface area contributed by atoms with Gasteiger partial charge in [-0.25, -0.2) is 0 Å². The SMILES string of the molecule is CC(C)(C)OC(=O)C1(C(CC(=O)O)C(F)(F)F)CSCCS1. The van der Waals surface area contributed by atoms with E-state index < -0.39 is 40.8 Å². The molecule has 4 nitrogen and oxygen atoms in total. The number of thioether (sulfide) groups is 2. The number of halogens is 3. The van der Waals surface area contributed by atoms with Crippen molar-refractivity contribution in [2.75, 3.05) is 17.3 Å². The highest BCUT2D eigenvalue weighted by Gasteiger charge is 2.60. The van der Waals surface area contributed by atoms with E-state index in [0.29, 0.717) is 11.5 Å². The predicted octanol–water partition coefficient (Wildman–Crippen LogP) is 3.20. The average Bonchev–Trinajstić information content (AvgIpc) is 2.33. The van der Waals surface area contributed by atoms with Crippen molar-refractivity contribution in [2.24, 2.45) is 5.92 Å². The molecule has 1 heterocycles. The highest BCUT2D eigenvalue weighted by Crippen LogP contribution is 2.49. The molecule has 0 spiro atoms. The molecular weight excluding hydrogens is 341 g/mol. The van der Waals surface area contributed by atoms with Crippen LogP contribution in [0.1, 0.15) is 27.2 Å². The summed E-state index contributed by atoms with van der Waals surface area (Å²) in [4.78, 5) is 23.3. The van der Waals surface area contributed by atoms with Crippen molar-refractivity contribution >= 4 is 35.5 Å². The number of carbonyl (C=O) groups is 2. The van der Waals surface area contributed by atoms with Crippen molar-refractivity contribution in [3.63, 3.8) is 0 Å². The van der Waals surface area contributed by atoms with Crippen LogP contribution in [0, 0.1) is 5.92 Å². The lowest BCUT2D eigenvalue weighted by atomic mass is 9.88. The normalized spacial score (nSPS) is 24.6. The molecule has 0 bridgehead atoms. The monoisotopic (exact) mass is 360 g/mol. The quantitative estimate of drug-likeness (QED) is 0.777. The van der Waals surface area contributed by atoms with Gasteiger partial charge in [0.15, 0.2) is 0 Å². The first-order chi connectivity index (χ1) is 9.88. The molecule has 0 amide bonds. The van der Waals surface area contributed by atoms with E-state index in [-0.39, 0.29) is 5.75 Å². The van der Waals surface area contributed by atoms with Crippen LogP contribution in [-0.4, -0.2) is 50.8 Å². The molecule has 1 N–H and O–H groups in total. The first kappa shape index (κ1) is 19.5. The van der Waals surface area contributed by atoms with Crippen LogP contribution in [0.5, 0.6) is 0 Å². The smallest absolute Gasteiger partial charge is 0.394 e. The lowest BCUT2D eigenvalue weighted by molar-refractivity contribution is -0.199. The summed E-state index contributed by atoms with van der Waals surface area (Å²) < 4.78 is 43.5. The van der Waals surface area contributed by atoms with Crippen LogP contribution in [-0.2, 0) is 14.3 Å². The van der Waals surface area contributed by atoms with E-state index in [9.17, 15) is 22.8 Å². The number of aliphatic carboxylic acids is 1. The van der Waals surface area contributed by atoms with Gasteiger partial charge in [-0.1, -0.05) is 0 Å². The third kappa shape index (κ3) is 4.97. The maximum absolute atomic E-state index is 13.4.